The van der Waals surface area contributed by atoms with Gasteiger partial charge in [-0.05, 0) is 11.6 Å². The van der Waals surface area contributed by atoms with Crippen LogP contribution in [-0.4, -0.2) is 35.8 Å². The predicted octanol–water partition coefficient (Wildman–Crippen LogP) is 2.26. The van der Waals surface area contributed by atoms with E-state index >= 15 is 0 Å². The Morgan fingerprint density at radius 3 is 2.64 bits per heavy atom. The number of urea groups is 1. The normalized spacial score (nSPS) is 11.8. The van der Waals surface area contributed by atoms with Crippen LogP contribution in [0.5, 0.6) is 5.88 Å². The fourth-order valence-electron chi connectivity index (χ4n) is 2.14. The molecule has 1 aromatic heterocycles. The number of pyridine rings is 1. The maximum Gasteiger partial charge on any atom is 0.315 e. The Hall–Kier alpha value is -2.74. The van der Waals surface area contributed by atoms with Gasteiger partial charge in [0.2, 0.25) is 5.88 Å². The molecule has 1 atom stereocenters. The molecule has 1 heterocycles. The second-order valence-electron chi connectivity index (χ2n) is 5.14. The summed E-state index contributed by atoms with van der Waals surface area (Å²) in [5.74, 6) is 0.0462. The van der Waals surface area contributed by atoms with E-state index < -0.39 is 25.1 Å². The van der Waals surface area contributed by atoms with Crippen molar-refractivity contribution in [1.82, 2.24) is 15.6 Å². The molecule has 25 heavy (non-hydrogen) atoms. The number of carbonyl (C=O) groups is 1. The number of carbonyl (C=O) groups excluding carboxylic acids is 1. The summed E-state index contributed by atoms with van der Waals surface area (Å²) in [7, 11) is 0. The smallest absolute Gasteiger partial charge is 0.315 e. The van der Waals surface area contributed by atoms with E-state index in [1.807, 2.05) is 6.07 Å². The zero-order valence-electron chi connectivity index (χ0n) is 13.4. The van der Waals surface area contributed by atoms with E-state index in [1.165, 1.54) is 6.20 Å². The van der Waals surface area contributed by atoms with Gasteiger partial charge in [0.1, 0.15) is 0 Å². The minimum Gasteiger partial charge on any atom is -0.471 e. The molecule has 8 heteroatoms. The third-order valence-corrected chi connectivity index (χ3v) is 3.33. The topological polar surface area (TPSA) is 83.5 Å². The van der Waals surface area contributed by atoms with Gasteiger partial charge in [0, 0.05) is 18.3 Å². The lowest BCUT2D eigenvalue weighted by Crippen LogP contribution is -2.39. The molecule has 134 valence electrons. The average Bonchev–Trinajstić information content (AvgIpc) is 2.64. The van der Waals surface area contributed by atoms with Crippen molar-refractivity contribution in [3.05, 3.63) is 59.8 Å². The number of benzene rings is 1. The van der Waals surface area contributed by atoms with E-state index in [1.54, 1.807) is 36.4 Å². The van der Waals surface area contributed by atoms with Gasteiger partial charge in [-0.1, -0.05) is 36.4 Å². The van der Waals surface area contributed by atoms with Crippen molar-refractivity contribution in [2.45, 2.75) is 19.0 Å². The Balaban J connectivity index is 1.91. The number of nitrogens with zero attached hydrogens (tertiary/aromatic N) is 1. The van der Waals surface area contributed by atoms with Crippen LogP contribution in [-0.2, 0) is 6.54 Å². The quantitative estimate of drug-likeness (QED) is 0.681. The van der Waals surface area contributed by atoms with E-state index in [0.717, 1.165) is 5.56 Å². The molecule has 0 radical (unpaired) electrons. The van der Waals surface area contributed by atoms with Gasteiger partial charge in [-0.15, -0.1) is 0 Å². The number of halogens is 2. The fourth-order valence-corrected chi connectivity index (χ4v) is 2.14. The molecular formula is C17H19F2N3O3. The summed E-state index contributed by atoms with van der Waals surface area (Å²) >= 11 is 0. The van der Waals surface area contributed by atoms with Crippen LogP contribution in [0, 0.1) is 0 Å². The molecule has 1 aromatic carbocycles. The van der Waals surface area contributed by atoms with Crippen LogP contribution in [0.4, 0.5) is 13.6 Å². The first-order valence-corrected chi connectivity index (χ1v) is 7.65. The summed E-state index contributed by atoms with van der Waals surface area (Å²) in [5, 5.41) is 14.7. The van der Waals surface area contributed by atoms with E-state index in [0.29, 0.717) is 5.56 Å². The Morgan fingerprint density at radius 1 is 1.20 bits per heavy atom. The molecular weight excluding hydrogens is 332 g/mol. The molecule has 3 N–H and O–H groups in total. The summed E-state index contributed by atoms with van der Waals surface area (Å²) in [5.41, 5.74) is 1.24. The highest BCUT2D eigenvalue weighted by Crippen LogP contribution is 2.15. The van der Waals surface area contributed by atoms with Gasteiger partial charge in [0.15, 0.2) is 6.61 Å². The van der Waals surface area contributed by atoms with Crippen LogP contribution < -0.4 is 15.4 Å². The number of ether oxygens (including phenoxy) is 1. The molecule has 0 aliphatic heterocycles. The van der Waals surface area contributed by atoms with Gasteiger partial charge in [-0.25, -0.2) is 18.6 Å². The number of amides is 2. The van der Waals surface area contributed by atoms with Gasteiger partial charge in [-0.3, -0.25) is 0 Å². The number of hydrogen-bond acceptors (Lipinski definition) is 4. The SMILES string of the molecule is O=C(NCc1cccnc1OCC(F)F)NC(CO)c1ccccc1. The molecule has 2 rings (SSSR count). The number of aromatic nitrogens is 1. The number of alkyl halides is 2. The van der Waals surface area contributed by atoms with Crippen molar-refractivity contribution < 1.29 is 23.4 Å². The zero-order valence-corrected chi connectivity index (χ0v) is 13.4. The Kier molecular flexibility index (Phi) is 7.09. The van der Waals surface area contributed by atoms with Gasteiger partial charge in [-0.2, -0.15) is 0 Å². The third kappa shape index (κ3) is 6.00. The average molecular weight is 351 g/mol. The Labute approximate surface area is 143 Å². The summed E-state index contributed by atoms with van der Waals surface area (Å²) in [4.78, 5) is 15.9. The zero-order chi connectivity index (χ0) is 18.1. The maximum atomic E-state index is 12.3. The number of nitrogens with one attached hydrogen (secondary N) is 2. The number of rotatable bonds is 8. The molecule has 0 saturated carbocycles. The van der Waals surface area contributed by atoms with Crippen molar-refractivity contribution >= 4 is 6.03 Å². The van der Waals surface area contributed by atoms with Crippen molar-refractivity contribution in [3.63, 3.8) is 0 Å². The summed E-state index contributed by atoms with van der Waals surface area (Å²) in [6, 6.07) is 11.2. The first-order chi connectivity index (χ1) is 12.1. The van der Waals surface area contributed by atoms with Crippen molar-refractivity contribution in [2.24, 2.45) is 0 Å². The minimum absolute atomic E-state index is 0.0462. The molecule has 6 nitrogen and oxygen atoms in total. The lowest BCUT2D eigenvalue weighted by atomic mass is 10.1. The highest BCUT2D eigenvalue weighted by atomic mass is 19.3. The Bertz CT molecular complexity index is 671. The summed E-state index contributed by atoms with van der Waals surface area (Å²) < 4.78 is 29.4. The lowest BCUT2D eigenvalue weighted by molar-refractivity contribution is 0.0790. The minimum atomic E-state index is -2.61. The van der Waals surface area contributed by atoms with Gasteiger partial charge in [0.25, 0.3) is 6.43 Å². The number of aliphatic hydroxyl groups is 1. The van der Waals surface area contributed by atoms with Gasteiger partial charge in [0.05, 0.1) is 12.6 Å². The van der Waals surface area contributed by atoms with Crippen molar-refractivity contribution in [3.8, 4) is 5.88 Å². The van der Waals surface area contributed by atoms with Crippen LogP contribution in [0.2, 0.25) is 0 Å². The first-order valence-electron chi connectivity index (χ1n) is 7.65. The molecule has 0 fully saturated rings. The fraction of sp³-hybridized carbons (Fsp3) is 0.294. The third-order valence-electron chi connectivity index (χ3n) is 3.33. The van der Waals surface area contributed by atoms with Crippen molar-refractivity contribution in [2.75, 3.05) is 13.2 Å². The summed E-state index contributed by atoms with van der Waals surface area (Å²) in [6.07, 6.45) is -1.19. The first kappa shape index (κ1) is 18.6. The van der Waals surface area contributed by atoms with Crippen LogP contribution in [0.25, 0.3) is 0 Å². The monoisotopic (exact) mass is 351 g/mol. The second-order valence-corrected chi connectivity index (χ2v) is 5.14. The Morgan fingerprint density at radius 2 is 1.96 bits per heavy atom. The molecule has 0 aliphatic carbocycles. The standard InChI is InChI=1S/C17H19F2N3O3/c18-15(19)11-25-16-13(7-4-8-20-16)9-21-17(24)22-14(10-23)12-5-2-1-3-6-12/h1-8,14-15,23H,9-11H2,(H2,21,22,24). The van der Waals surface area contributed by atoms with Crippen LogP contribution in [0.1, 0.15) is 17.2 Å². The predicted molar refractivity (Wildman–Crippen MR) is 87.4 cm³/mol. The van der Waals surface area contributed by atoms with E-state index in [4.69, 9.17) is 4.74 Å². The number of hydrogen-bond donors (Lipinski definition) is 3. The molecule has 2 amide bonds. The molecule has 0 spiro atoms. The molecule has 1 unspecified atom stereocenters. The summed E-state index contributed by atoms with van der Waals surface area (Å²) in [6.45, 7) is -0.977. The van der Waals surface area contributed by atoms with E-state index in [9.17, 15) is 18.7 Å². The maximum absolute atomic E-state index is 12.3. The molecule has 0 bridgehead atoms. The largest absolute Gasteiger partial charge is 0.471 e. The van der Waals surface area contributed by atoms with E-state index in [2.05, 4.69) is 15.6 Å². The number of aliphatic hydroxyl groups excluding tert-OH is 1. The van der Waals surface area contributed by atoms with E-state index in [-0.39, 0.29) is 19.0 Å². The van der Waals surface area contributed by atoms with Crippen LogP contribution in [0.15, 0.2) is 48.7 Å². The lowest BCUT2D eigenvalue weighted by Gasteiger charge is -2.17. The highest BCUT2D eigenvalue weighted by Gasteiger charge is 2.14. The van der Waals surface area contributed by atoms with Gasteiger partial charge < -0.3 is 20.5 Å². The molecule has 0 aliphatic rings. The van der Waals surface area contributed by atoms with Crippen LogP contribution in [0.3, 0.4) is 0 Å². The molecule has 0 saturated heterocycles. The van der Waals surface area contributed by atoms with Gasteiger partial charge >= 0.3 is 6.03 Å². The van der Waals surface area contributed by atoms with Crippen LogP contribution >= 0.6 is 0 Å². The molecule has 2 aromatic rings. The highest BCUT2D eigenvalue weighted by molar-refractivity contribution is 5.74. The van der Waals surface area contributed by atoms with Crippen molar-refractivity contribution in [1.29, 1.82) is 0 Å². The second kappa shape index (κ2) is 9.53.